The summed E-state index contributed by atoms with van der Waals surface area (Å²) in [5.74, 6) is 1.00. The summed E-state index contributed by atoms with van der Waals surface area (Å²) in [7, 11) is 0. The van der Waals surface area contributed by atoms with Crippen LogP contribution in [0.4, 0.5) is 0 Å². The number of allylic oxidation sites excluding steroid dienone is 4. The lowest BCUT2D eigenvalue weighted by Crippen LogP contribution is -2.06. The molecule has 0 aromatic heterocycles. The Kier molecular flexibility index (Phi) is 3.39. The van der Waals surface area contributed by atoms with Crippen molar-refractivity contribution in [3.63, 3.8) is 0 Å². The smallest absolute Gasteiger partial charge is 0.0117 e. The maximum absolute atomic E-state index is 5.56. The van der Waals surface area contributed by atoms with Crippen LogP contribution in [0.3, 0.4) is 0 Å². The first-order valence-corrected chi connectivity index (χ1v) is 5.08. The van der Waals surface area contributed by atoms with Gasteiger partial charge in [0.1, 0.15) is 0 Å². The van der Waals surface area contributed by atoms with E-state index in [4.69, 9.17) is 5.73 Å². The Hall–Kier alpha value is -1.18. The molecule has 1 aliphatic heterocycles. The first kappa shape index (κ1) is 10.9. The zero-order valence-corrected chi connectivity index (χ0v) is 9.14. The van der Waals surface area contributed by atoms with E-state index in [9.17, 15) is 0 Å². The van der Waals surface area contributed by atoms with Crippen LogP contribution in [0.25, 0.3) is 0 Å². The highest BCUT2D eigenvalue weighted by Gasteiger charge is 2.18. The molecular formula is C12H20N2. The van der Waals surface area contributed by atoms with E-state index in [0.717, 1.165) is 24.2 Å². The molecule has 14 heavy (non-hydrogen) atoms. The summed E-state index contributed by atoms with van der Waals surface area (Å²) >= 11 is 0. The minimum Gasteiger partial charge on any atom is -0.402 e. The van der Waals surface area contributed by atoms with Gasteiger partial charge >= 0.3 is 0 Å². The summed E-state index contributed by atoms with van der Waals surface area (Å²) in [6, 6.07) is 0. The predicted octanol–water partition coefficient (Wildman–Crippen LogP) is 2.51. The van der Waals surface area contributed by atoms with Crippen LogP contribution in [0.1, 0.15) is 26.7 Å². The Balaban J connectivity index is 2.53. The van der Waals surface area contributed by atoms with Crippen molar-refractivity contribution in [2.24, 2.45) is 17.6 Å². The van der Waals surface area contributed by atoms with Crippen molar-refractivity contribution in [2.75, 3.05) is 0 Å². The van der Waals surface area contributed by atoms with Crippen LogP contribution in [0.5, 0.6) is 0 Å². The second-order valence-electron chi connectivity index (χ2n) is 4.29. The van der Waals surface area contributed by atoms with Gasteiger partial charge in [-0.15, -0.1) is 0 Å². The zero-order valence-electron chi connectivity index (χ0n) is 9.14. The third kappa shape index (κ3) is 2.95. The topological polar surface area (TPSA) is 38.0 Å². The molecule has 2 unspecified atom stereocenters. The molecule has 78 valence electrons. The van der Waals surface area contributed by atoms with Gasteiger partial charge in [-0.1, -0.05) is 33.1 Å². The van der Waals surface area contributed by atoms with Crippen LogP contribution >= 0.6 is 0 Å². The Bertz CT molecular complexity index is 276. The fraction of sp³-hybridized carbons (Fsp3) is 0.500. The Morgan fingerprint density at radius 1 is 1.79 bits per heavy atom. The fourth-order valence-corrected chi connectivity index (χ4v) is 1.76. The van der Waals surface area contributed by atoms with Crippen molar-refractivity contribution in [3.8, 4) is 0 Å². The molecule has 0 amide bonds. The zero-order chi connectivity index (χ0) is 10.7. The summed E-state index contributed by atoms with van der Waals surface area (Å²) in [6.07, 6.45) is 4.15. The highest BCUT2D eigenvalue weighted by Crippen LogP contribution is 2.25. The minimum absolute atomic E-state index is 0.452. The molecule has 2 heteroatoms. The highest BCUT2D eigenvalue weighted by molar-refractivity contribution is 5.20. The Morgan fingerprint density at radius 3 is 2.86 bits per heavy atom. The number of rotatable bonds is 3. The number of nitrogens with one attached hydrogen (secondary N) is 1. The van der Waals surface area contributed by atoms with E-state index in [1.165, 1.54) is 5.70 Å². The molecular weight excluding hydrogens is 172 g/mol. The lowest BCUT2D eigenvalue weighted by atomic mass is 10.0. The van der Waals surface area contributed by atoms with Gasteiger partial charge in [0.05, 0.1) is 0 Å². The van der Waals surface area contributed by atoms with E-state index in [-0.39, 0.29) is 0 Å². The molecule has 0 aliphatic carbocycles. The van der Waals surface area contributed by atoms with Crippen molar-refractivity contribution in [2.45, 2.75) is 26.7 Å². The molecule has 0 spiro atoms. The molecule has 3 N–H and O–H groups in total. The van der Waals surface area contributed by atoms with E-state index < -0.39 is 0 Å². The van der Waals surface area contributed by atoms with Crippen molar-refractivity contribution >= 4 is 0 Å². The predicted molar refractivity (Wildman–Crippen MR) is 61.2 cm³/mol. The van der Waals surface area contributed by atoms with Crippen molar-refractivity contribution in [1.29, 1.82) is 0 Å². The Labute approximate surface area is 86.6 Å². The van der Waals surface area contributed by atoms with E-state index in [0.29, 0.717) is 11.8 Å². The van der Waals surface area contributed by atoms with Gasteiger partial charge in [0, 0.05) is 23.0 Å². The third-order valence-electron chi connectivity index (χ3n) is 2.51. The molecule has 2 atom stereocenters. The second kappa shape index (κ2) is 4.36. The van der Waals surface area contributed by atoms with Gasteiger partial charge in [-0.25, -0.2) is 0 Å². The van der Waals surface area contributed by atoms with Gasteiger partial charge in [0.25, 0.3) is 0 Å². The Morgan fingerprint density at radius 2 is 2.43 bits per heavy atom. The quantitative estimate of drug-likeness (QED) is 0.721. The molecule has 0 saturated carbocycles. The summed E-state index contributed by atoms with van der Waals surface area (Å²) in [5, 5.41) is 3.30. The molecule has 1 heterocycles. The van der Waals surface area contributed by atoms with Crippen LogP contribution < -0.4 is 11.1 Å². The average molecular weight is 192 g/mol. The van der Waals surface area contributed by atoms with E-state index >= 15 is 0 Å². The van der Waals surface area contributed by atoms with Crippen molar-refractivity contribution in [1.82, 2.24) is 5.32 Å². The normalized spacial score (nSPS) is 26.3. The molecule has 0 aromatic carbocycles. The second-order valence-corrected chi connectivity index (χ2v) is 4.29. The molecule has 1 fully saturated rings. The minimum atomic E-state index is 0.452. The van der Waals surface area contributed by atoms with Crippen LogP contribution in [0.15, 0.2) is 36.3 Å². The summed E-state index contributed by atoms with van der Waals surface area (Å²) in [5.41, 5.74) is 8.70. The fourth-order valence-electron chi connectivity index (χ4n) is 1.76. The number of hydrogen-bond donors (Lipinski definition) is 2. The molecule has 2 nitrogen and oxygen atoms in total. The van der Waals surface area contributed by atoms with Gasteiger partial charge in [-0.05, 0) is 18.8 Å². The van der Waals surface area contributed by atoms with Crippen LogP contribution in [-0.4, -0.2) is 0 Å². The molecule has 0 aromatic rings. The van der Waals surface area contributed by atoms with Gasteiger partial charge in [-0.3, -0.25) is 0 Å². The van der Waals surface area contributed by atoms with Crippen molar-refractivity contribution in [3.05, 3.63) is 36.3 Å². The van der Waals surface area contributed by atoms with E-state index in [1.54, 1.807) is 0 Å². The van der Waals surface area contributed by atoms with Crippen LogP contribution in [-0.2, 0) is 0 Å². The van der Waals surface area contributed by atoms with Gasteiger partial charge in [0.15, 0.2) is 0 Å². The molecule has 1 rings (SSSR count). The maximum Gasteiger partial charge on any atom is 0.0117 e. The number of nitrogens with two attached hydrogens (primary N) is 1. The van der Waals surface area contributed by atoms with E-state index in [2.05, 4.69) is 38.4 Å². The summed E-state index contributed by atoms with van der Waals surface area (Å²) < 4.78 is 0. The van der Waals surface area contributed by atoms with E-state index in [1.807, 2.05) is 0 Å². The van der Waals surface area contributed by atoms with Gasteiger partial charge in [-0.2, -0.15) is 0 Å². The largest absolute Gasteiger partial charge is 0.402 e. The van der Waals surface area contributed by atoms with Crippen LogP contribution in [0.2, 0.25) is 0 Å². The molecule has 1 aliphatic rings. The SMILES string of the molecule is C=C(N)CC(C)/C=C1/CC(C)C(=C)N1. The van der Waals surface area contributed by atoms with Gasteiger partial charge < -0.3 is 11.1 Å². The molecule has 1 saturated heterocycles. The maximum atomic E-state index is 5.56. The molecule has 0 radical (unpaired) electrons. The van der Waals surface area contributed by atoms with Crippen LogP contribution in [0, 0.1) is 11.8 Å². The summed E-state index contributed by atoms with van der Waals surface area (Å²) in [6.45, 7) is 12.0. The summed E-state index contributed by atoms with van der Waals surface area (Å²) in [4.78, 5) is 0. The van der Waals surface area contributed by atoms with Crippen molar-refractivity contribution < 1.29 is 0 Å². The standard InChI is InChI=1S/C12H20N2/c1-8(5-10(3)13)6-12-7-9(2)11(4)14-12/h6,8-9,14H,3-5,7,13H2,1-2H3/b12-6-. The first-order chi connectivity index (χ1) is 6.49. The monoisotopic (exact) mass is 192 g/mol. The van der Waals surface area contributed by atoms with Gasteiger partial charge in [0.2, 0.25) is 0 Å². The highest BCUT2D eigenvalue weighted by atomic mass is 14.9. The first-order valence-electron chi connectivity index (χ1n) is 5.08. The molecule has 0 bridgehead atoms. The lowest BCUT2D eigenvalue weighted by Gasteiger charge is -2.07. The third-order valence-corrected chi connectivity index (χ3v) is 2.51. The average Bonchev–Trinajstić information content (AvgIpc) is 2.28. The number of hydrogen-bond acceptors (Lipinski definition) is 2. The lowest BCUT2D eigenvalue weighted by molar-refractivity contribution is 0.693.